The molecule has 0 aliphatic heterocycles. The molecule has 0 atom stereocenters. The summed E-state index contributed by atoms with van der Waals surface area (Å²) in [4.78, 5) is 0. The zero-order valence-electron chi connectivity index (χ0n) is 7.10. The summed E-state index contributed by atoms with van der Waals surface area (Å²) < 4.78 is 1.26. The van der Waals surface area contributed by atoms with Crippen LogP contribution in [0, 0.1) is 3.57 Å². The molecule has 0 saturated heterocycles. The highest BCUT2D eigenvalue weighted by Crippen LogP contribution is 2.10. The van der Waals surface area contributed by atoms with Gasteiger partial charge in [0, 0.05) is 15.8 Å². The molecule has 0 heterocycles. The van der Waals surface area contributed by atoms with E-state index in [0.29, 0.717) is 0 Å². The molecule has 1 rings (SSSR count). The second-order valence-corrected chi connectivity index (χ2v) is 4.06. The van der Waals surface area contributed by atoms with E-state index >= 15 is 0 Å². The Hall–Kier alpha value is -0.510. The fourth-order valence-corrected chi connectivity index (χ4v) is 1.18. The number of hydrogen-bond donors (Lipinski definition) is 1. The lowest BCUT2D eigenvalue weighted by atomic mass is 10.3. The number of benzene rings is 1. The van der Waals surface area contributed by atoms with Crippen molar-refractivity contribution in [2.45, 2.75) is 6.92 Å². The van der Waals surface area contributed by atoms with Crippen LogP contribution in [-0.2, 0) is 0 Å². The molecule has 1 nitrogen and oxygen atoms in total. The van der Waals surface area contributed by atoms with Crippen LogP contribution in [0.4, 0.5) is 5.69 Å². The molecule has 0 unspecified atom stereocenters. The van der Waals surface area contributed by atoms with Gasteiger partial charge in [-0.15, -0.1) is 0 Å². The molecule has 1 N–H and O–H groups in total. The van der Waals surface area contributed by atoms with Gasteiger partial charge in [0.15, 0.2) is 0 Å². The summed E-state index contributed by atoms with van der Waals surface area (Å²) >= 11 is 2.29. The summed E-state index contributed by atoms with van der Waals surface area (Å²) in [6.07, 6.45) is 0. The first-order chi connectivity index (χ1) is 5.68. The molecule has 0 aliphatic carbocycles. The lowest BCUT2D eigenvalue weighted by Crippen LogP contribution is -2.01. The predicted octanol–water partition coefficient (Wildman–Crippen LogP) is 3.28. The molecule has 0 saturated carbocycles. The van der Waals surface area contributed by atoms with Crippen molar-refractivity contribution in [2.24, 2.45) is 0 Å². The first kappa shape index (κ1) is 9.58. The summed E-state index contributed by atoms with van der Waals surface area (Å²) in [5.41, 5.74) is 2.30. The summed E-state index contributed by atoms with van der Waals surface area (Å²) in [6, 6.07) is 8.32. The highest BCUT2D eigenvalue weighted by molar-refractivity contribution is 14.1. The number of anilines is 1. The molecule has 0 aromatic heterocycles. The van der Waals surface area contributed by atoms with Gasteiger partial charge in [0.25, 0.3) is 0 Å². The lowest BCUT2D eigenvalue weighted by Gasteiger charge is -2.04. The minimum atomic E-state index is 0.848. The summed E-state index contributed by atoms with van der Waals surface area (Å²) in [6.45, 7) is 6.69. The van der Waals surface area contributed by atoms with Crippen LogP contribution in [0.15, 0.2) is 36.4 Å². The van der Waals surface area contributed by atoms with Gasteiger partial charge in [0.2, 0.25) is 0 Å². The Labute approximate surface area is 87.0 Å². The zero-order chi connectivity index (χ0) is 8.97. The fraction of sp³-hybridized carbons (Fsp3) is 0.200. The van der Waals surface area contributed by atoms with Crippen molar-refractivity contribution >= 4 is 28.3 Å². The van der Waals surface area contributed by atoms with Crippen LogP contribution >= 0.6 is 22.6 Å². The fourth-order valence-electron chi connectivity index (χ4n) is 0.821. The minimum absolute atomic E-state index is 0.848. The zero-order valence-corrected chi connectivity index (χ0v) is 9.26. The van der Waals surface area contributed by atoms with Crippen LogP contribution in [-0.4, -0.2) is 6.54 Å². The maximum atomic E-state index is 3.82. The Morgan fingerprint density at radius 2 is 2.00 bits per heavy atom. The third-order valence-electron chi connectivity index (χ3n) is 1.44. The van der Waals surface area contributed by atoms with Crippen LogP contribution in [0.1, 0.15) is 6.92 Å². The molecule has 0 aliphatic rings. The average Bonchev–Trinajstić information content (AvgIpc) is 2.03. The molecule has 12 heavy (non-hydrogen) atoms. The third kappa shape index (κ3) is 3.26. The Morgan fingerprint density at radius 1 is 1.42 bits per heavy atom. The van der Waals surface area contributed by atoms with Gasteiger partial charge in [-0.3, -0.25) is 0 Å². The van der Waals surface area contributed by atoms with Gasteiger partial charge in [-0.2, -0.15) is 0 Å². The normalized spacial score (nSPS) is 9.50. The van der Waals surface area contributed by atoms with Crippen molar-refractivity contribution in [1.29, 1.82) is 0 Å². The van der Waals surface area contributed by atoms with Crippen molar-refractivity contribution in [2.75, 3.05) is 11.9 Å². The van der Waals surface area contributed by atoms with E-state index < -0.39 is 0 Å². The molecule has 1 aromatic rings. The van der Waals surface area contributed by atoms with Gasteiger partial charge in [-0.25, -0.2) is 0 Å². The number of rotatable bonds is 3. The maximum Gasteiger partial charge on any atom is 0.0354 e. The second-order valence-electron chi connectivity index (χ2n) is 2.82. The van der Waals surface area contributed by atoms with Crippen molar-refractivity contribution in [3.05, 3.63) is 40.0 Å². The van der Waals surface area contributed by atoms with Gasteiger partial charge in [-0.05, 0) is 53.8 Å². The Balaban J connectivity index is 2.53. The van der Waals surface area contributed by atoms with E-state index in [1.54, 1.807) is 0 Å². The molecular formula is C10H12IN. The first-order valence-electron chi connectivity index (χ1n) is 3.82. The van der Waals surface area contributed by atoms with Gasteiger partial charge in [0.05, 0.1) is 0 Å². The van der Waals surface area contributed by atoms with Crippen molar-refractivity contribution in [3.8, 4) is 0 Å². The van der Waals surface area contributed by atoms with E-state index in [2.05, 4.69) is 58.8 Å². The highest BCUT2D eigenvalue weighted by atomic mass is 127. The Morgan fingerprint density at radius 3 is 2.50 bits per heavy atom. The SMILES string of the molecule is C=C(C)CNc1ccc(I)cc1. The van der Waals surface area contributed by atoms with Crippen LogP contribution < -0.4 is 5.32 Å². The van der Waals surface area contributed by atoms with E-state index in [1.807, 2.05) is 6.92 Å². The molecule has 64 valence electrons. The van der Waals surface area contributed by atoms with E-state index in [-0.39, 0.29) is 0 Å². The molecule has 0 amide bonds. The average molecular weight is 273 g/mol. The second kappa shape index (κ2) is 4.50. The molecule has 2 heteroatoms. The standard InChI is InChI=1S/C10H12IN/c1-8(2)7-12-10-5-3-9(11)4-6-10/h3-6,12H,1,7H2,2H3. The van der Waals surface area contributed by atoms with Crippen molar-refractivity contribution in [3.63, 3.8) is 0 Å². The van der Waals surface area contributed by atoms with Crippen LogP contribution in [0.3, 0.4) is 0 Å². The number of halogens is 1. The van der Waals surface area contributed by atoms with Gasteiger partial charge in [-0.1, -0.05) is 12.2 Å². The monoisotopic (exact) mass is 273 g/mol. The highest BCUT2D eigenvalue weighted by Gasteiger charge is 1.90. The first-order valence-corrected chi connectivity index (χ1v) is 4.90. The smallest absolute Gasteiger partial charge is 0.0354 e. The summed E-state index contributed by atoms with van der Waals surface area (Å²) in [7, 11) is 0. The van der Waals surface area contributed by atoms with E-state index in [4.69, 9.17) is 0 Å². The van der Waals surface area contributed by atoms with E-state index in [9.17, 15) is 0 Å². The quantitative estimate of drug-likeness (QED) is 0.658. The minimum Gasteiger partial charge on any atom is -0.381 e. The molecule has 1 aromatic carbocycles. The predicted molar refractivity (Wildman–Crippen MR) is 62.5 cm³/mol. The number of hydrogen-bond acceptors (Lipinski definition) is 1. The van der Waals surface area contributed by atoms with Gasteiger partial charge < -0.3 is 5.32 Å². The molecular weight excluding hydrogens is 261 g/mol. The summed E-state index contributed by atoms with van der Waals surface area (Å²) in [5, 5.41) is 3.27. The molecule has 0 bridgehead atoms. The summed E-state index contributed by atoms with van der Waals surface area (Å²) in [5.74, 6) is 0. The van der Waals surface area contributed by atoms with Crippen LogP contribution in [0.2, 0.25) is 0 Å². The Bertz CT molecular complexity index is 264. The molecule has 0 radical (unpaired) electrons. The van der Waals surface area contributed by atoms with Gasteiger partial charge >= 0.3 is 0 Å². The lowest BCUT2D eigenvalue weighted by molar-refractivity contribution is 1.22. The van der Waals surface area contributed by atoms with E-state index in [0.717, 1.165) is 17.8 Å². The van der Waals surface area contributed by atoms with Crippen molar-refractivity contribution in [1.82, 2.24) is 0 Å². The van der Waals surface area contributed by atoms with Crippen molar-refractivity contribution < 1.29 is 0 Å². The van der Waals surface area contributed by atoms with Gasteiger partial charge in [0.1, 0.15) is 0 Å². The third-order valence-corrected chi connectivity index (χ3v) is 2.16. The largest absolute Gasteiger partial charge is 0.381 e. The van der Waals surface area contributed by atoms with Crippen LogP contribution in [0.5, 0.6) is 0 Å². The molecule has 0 spiro atoms. The van der Waals surface area contributed by atoms with E-state index in [1.165, 1.54) is 3.57 Å². The maximum absolute atomic E-state index is 3.82. The Kier molecular flexibility index (Phi) is 3.59. The number of nitrogens with one attached hydrogen (secondary N) is 1. The topological polar surface area (TPSA) is 12.0 Å². The molecule has 0 fully saturated rings. The van der Waals surface area contributed by atoms with Crippen LogP contribution in [0.25, 0.3) is 0 Å².